The number of unbranched alkanes of at least 4 members (excludes halogenated alkanes) is 1. The zero-order valence-corrected chi connectivity index (χ0v) is 22.0. The topological polar surface area (TPSA) is 86.8 Å². The van der Waals surface area contributed by atoms with Crippen molar-refractivity contribution in [3.8, 4) is 0 Å². The van der Waals surface area contributed by atoms with Crippen LogP contribution in [0.5, 0.6) is 0 Å². The van der Waals surface area contributed by atoms with Crippen LogP contribution in [0.15, 0.2) is 48.5 Å². The molecule has 0 aliphatic rings. The van der Waals surface area contributed by atoms with E-state index in [0.29, 0.717) is 13.0 Å². The molecule has 2 aromatic rings. The number of nitrogens with zero attached hydrogens (tertiary/aromatic N) is 2. The van der Waals surface area contributed by atoms with Crippen LogP contribution in [0, 0.1) is 0 Å². The third kappa shape index (κ3) is 7.89. The molecule has 0 spiro atoms. The first kappa shape index (κ1) is 28.0. The number of amides is 2. The van der Waals surface area contributed by atoms with E-state index in [0.717, 1.165) is 29.0 Å². The molecule has 0 heterocycles. The minimum absolute atomic E-state index is 0.165. The number of anilines is 1. The van der Waals surface area contributed by atoms with Crippen molar-refractivity contribution < 1.29 is 18.0 Å². The molecule has 0 fully saturated rings. The van der Waals surface area contributed by atoms with E-state index in [-0.39, 0.29) is 28.2 Å². The highest BCUT2D eigenvalue weighted by Gasteiger charge is 2.31. The first-order chi connectivity index (χ1) is 16.1. The summed E-state index contributed by atoms with van der Waals surface area (Å²) in [4.78, 5) is 27.9. The van der Waals surface area contributed by atoms with Gasteiger partial charge in [0.05, 0.1) is 22.0 Å². The summed E-state index contributed by atoms with van der Waals surface area (Å²) in [6, 6.07) is 12.9. The van der Waals surface area contributed by atoms with E-state index in [2.05, 4.69) is 5.32 Å². The number of benzene rings is 2. The molecule has 0 unspecified atom stereocenters. The lowest BCUT2D eigenvalue weighted by Crippen LogP contribution is -2.52. The van der Waals surface area contributed by atoms with E-state index >= 15 is 0 Å². The van der Waals surface area contributed by atoms with Gasteiger partial charge in [-0.05, 0) is 36.6 Å². The maximum absolute atomic E-state index is 13.5. The van der Waals surface area contributed by atoms with Crippen molar-refractivity contribution in [2.24, 2.45) is 0 Å². The van der Waals surface area contributed by atoms with Gasteiger partial charge in [-0.15, -0.1) is 0 Å². The van der Waals surface area contributed by atoms with Crippen LogP contribution in [0.25, 0.3) is 0 Å². The molecule has 34 heavy (non-hydrogen) atoms. The lowest BCUT2D eigenvalue weighted by molar-refractivity contribution is -0.140. The lowest BCUT2D eigenvalue weighted by atomic mass is 10.1. The number of hydrogen-bond acceptors (Lipinski definition) is 4. The number of halogens is 2. The third-order valence-corrected chi connectivity index (χ3v) is 7.16. The van der Waals surface area contributed by atoms with E-state index in [9.17, 15) is 18.0 Å². The molecule has 0 aliphatic carbocycles. The zero-order valence-electron chi connectivity index (χ0n) is 19.6. The van der Waals surface area contributed by atoms with Crippen molar-refractivity contribution >= 4 is 50.7 Å². The molecule has 0 radical (unpaired) electrons. The second-order valence-electron chi connectivity index (χ2n) is 7.94. The Morgan fingerprint density at radius 3 is 2.26 bits per heavy atom. The number of hydrogen-bond donors (Lipinski definition) is 1. The summed E-state index contributed by atoms with van der Waals surface area (Å²) in [6.07, 6.45) is 3.14. The Hall–Kier alpha value is -2.29. The SMILES string of the molecule is CCCCNC(=O)[C@H](CC)N(Cc1ccccc1)C(=O)CN(c1ccc(Cl)c(Cl)c1)S(C)(=O)=O. The van der Waals surface area contributed by atoms with Gasteiger partial charge in [-0.2, -0.15) is 0 Å². The van der Waals surface area contributed by atoms with Crippen LogP contribution in [0.2, 0.25) is 10.0 Å². The van der Waals surface area contributed by atoms with E-state index in [4.69, 9.17) is 23.2 Å². The van der Waals surface area contributed by atoms with Crippen LogP contribution in [-0.4, -0.2) is 50.5 Å². The molecule has 1 N–H and O–H groups in total. The van der Waals surface area contributed by atoms with Crippen molar-refractivity contribution in [3.05, 3.63) is 64.1 Å². The number of carbonyl (C=O) groups is 2. The van der Waals surface area contributed by atoms with Gasteiger partial charge >= 0.3 is 0 Å². The van der Waals surface area contributed by atoms with Crippen molar-refractivity contribution in [1.82, 2.24) is 10.2 Å². The summed E-state index contributed by atoms with van der Waals surface area (Å²) in [6.45, 7) is 4.04. The first-order valence-electron chi connectivity index (χ1n) is 11.1. The van der Waals surface area contributed by atoms with Gasteiger partial charge in [0.2, 0.25) is 21.8 Å². The Labute approximate surface area is 212 Å². The van der Waals surface area contributed by atoms with E-state index < -0.39 is 28.5 Å². The molecule has 0 saturated heterocycles. The molecule has 186 valence electrons. The summed E-state index contributed by atoms with van der Waals surface area (Å²) in [5.41, 5.74) is 1.04. The van der Waals surface area contributed by atoms with Crippen LogP contribution in [-0.2, 0) is 26.2 Å². The largest absolute Gasteiger partial charge is 0.354 e. The van der Waals surface area contributed by atoms with Gasteiger partial charge < -0.3 is 10.2 Å². The van der Waals surface area contributed by atoms with Crippen LogP contribution >= 0.6 is 23.2 Å². The maximum Gasteiger partial charge on any atom is 0.244 e. The molecule has 0 aliphatic heterocycles. The summed E-state index contributed by atoms with van der Waals surface area (Å²) >= 11 is 12.1. The summed E-state index contributed by atoms with van der Waals surface area (Å²) in [5.74, 6) is -0.765. The zero-order chi connectivity index (χ0) is 25.3. The monoisotopic (exact) mass is 527 g/mol. The van der Waals surface area contributed by atoms with Crippen molar-refractivity contribution in [1.29, 1.82) is 0 Å². The molecule has 2 aromatic carbocycles. The van der Waals surface area contributed by atoms with Gasteiger partial charge in [0.25, 0.3) is 0 Å². The second kappa shape index (κ2) is 13.0. The minimum Gasteiger partial charge on any atom is -0.354 e. The fraction of sp³-hybridized carbons (Fsp3) is 0.417. The van der Waals surface area contributed by atoms with Crippen LogP contribution in [0.4, 0.5) is 5.69 Å². The van der Waals surface area contributed by atoms with Gasteiger partial charge in [0.1, 0.15) is 12.6 Å². The van der Waals surface area contributed by atoms with Crippen molar-refractivity contribution in [2.45, 2.75) is 45.7 Å². The molecule has 2 rings (SSSR count). The molecule has 2 amide bonds. The fourth-order valence-corrected chi connectivity index (χ4v) is 4.59. The quantitative estimate of drug-likeness (QED) is 0.412. The summed E-state index contributed by atoms with van der Waals surface area (Å²) in [5, 5.41) is 3.33. The summed E-state index contributed by atoms with van der Waals surface area (Å²) < 4.78 is 26.2. The van der Waals surface area contributed by atoms with Crippen LogP contribution in [0.3, 0.4) is 0 Å². The van der Waals surface area contributed by atoms with Gasteiger partial charge in [-0.25, -0.2) is 8.42 Å². The molecule has 1 atom stereocenters. The van der Waals surface area contributed by atoms with Crippen molar-refractivity contribution in [2.75, 3.05) is 23.7 Å². The van der Waals surface area contributed by atoms with E-state index in [1.165, 1.54) is 23.1 Å². The van der Waals surface area contributed by atoms with E-state index in [1.807, 2.05) is 44.2 Å². The van der Waals surface area contributed by atoms with Crippen LogP contribution < -0.4 is 9.62 Å². The second-order valence-corrected chi connectivity index (χ2v) is 10.7. The third-order valence-electron chi connectivity index (χ3n) is 5.28. The number of carbonyl (C=O) groups excluding carboxylic acids is 2. The van der Waals surface area contributed by atoms with Gasteiger partial charge in [0.15, 0.2) is 0 Å². The predicted octanol–water partition coefficient (Wildman–Crippen LogP) is 4.48. The Morgan fingerprint density at radius 1 is 1.03 bits per heavy atom. The molecule has 0 saturated carbocycles. The van der Waals surface area contributed by atoms with Crippen molar-refractivity contribution in [3.63, 3.8) is 0 Å². The van der Waals surface area contributed by atoms with Gasteiger partial charge in [0, 0.05) is 13.1 Å². The highest BCUT2D eigenvalue weighted by atomic mass is 35.5. The van der Waals surface area contributed by atoms with E-state index in [1.54, 1.807) is 0 Å². The highest BCUT2D eigenvalue weighted by Crippen LogP contribution is 2.28. The number of nitrogens with one attached hydrogen (secondary N) is 1. The van der Waals surface area contributed by atoms with Gasteiger partial charge in [-0.3, -0.25) is 13.9 Å². The number of sulfonamides is 1. The Kier molecular flexibility index (Phi) is 10.7. The standard InChI is InChI=1S/C24H31Cl2N3O4S/c1-4-6-14-27-24(31)22(5-2)28(16-18-10-8-7-9-11-18)23(30)17-29(34(3,32)33)19-12-13-20(25)21(26)15-19/h7-13,15,22H,4-6,14,16-17H2,1-3H3,(H,27,31)/t22-/m0/s1. The normalized spacial score (nSPS) is 12.1. The minimum atomic E-state index is -3.84. The molecule has 10 heteroatoms. The fourth-order valence-electron chi connectivity index (χ4n) is 3.46. The summed E-state index contributed by atoms with van der Waals surface area (Å²) in [7, 11) is -3.84. The highest BCUT2D eigenvalue weighted by molar-refractivity contribution is 7.92. The Bertz CT molecular complexity index is 1080. The average molecular weight is 529 g/mol. The molecular weight excluding hydrogens is 497 g/mol. The maximum atomic E-state index is 13.5. The Morgan fingerprint density at radius 2 is 1.71 bits per heavy atom. The number of rotatable bonds is 12. The molecule has 0 bridgehead atoms. The van der Waals surface area contributed by atoms with Gasteiger partial charge in [-0.1, -0.05) is 73.8 Å². The first-order valence-corrected chi connectivity index (χ1v) is 13.7. The smallest absolute Gasteiger partial charge is 0.244 e. The average Bonchev–Trinajstić information content (AvgIpc) is 2.79. The molecule has 7 nitrogen and oxygen atoms in total. The predicted molar refractivity (Wildman–Crippen MR) is 138 cm³/mol. The Balaban J connectivity index is 2.39. The molecule has 0 aromatic heterocycles. The molecular formula is C24H31Cl2N3O4S. The lowest BCUT2D eigenvalue weighted by Gasteiger charge is -2.33. The van der Waals surface area contributed by atoms with Crippen LogP contribution in [0.1, 0.15) is 38.7 Å².